The van der Waals surface area contributed by atoms with Gasteiger partial charge in [-0.15, -0.1) is 0 Å². The molecule has 0 aromatic heterocycles. The summed E-state index contributed by atoms with van der Waals surface area (Å²) in [7, 11) is 0. The van der Waals surface area contributed by atoms with Gasteiger partial charge in [-0.3, -0.25) is 20.2 Å². The third-order valence-corrected chi connectivity index (χ3v) is 2.96. The first kappa shape index (κ1) is 15.2. The van der Waals surface area contributed by atoms with Crippen molar-refractivity contribution in [2.45, 2.75) is 0 Å². The molecule has 0 amide bonds. The topological polar surface area (TPSA) is 110 Å². The van der Waals surface area contributed by atoms with Gasteiger partial charge >= 0.3 is 0 Å². The van der Waals surface area contributed by atoms with Gasteiger partial charge in [0.2, 0.25) is 0 Å². The van der Waals surface area contributed by atoms with Gasteiger partial charge in [-0.05, 0) is 12.1 Å². The fourth-order valence-electron chi connectivity index (χ4n) is 1.96. The highest BCUT2D eigenvalue weighted by Crippen LogP contribution is 2.24. The Morgan fingerprint density at radius 3 is 1.45 bits per heavy atom. The third-order valence-electron chi connectivity index (χ3n) is 2.96. The number of nitro benzene ring substituents is 2. The first-order chi connectivity index (χ1) is 10.6. The van der Waals surface area contributed by atoms with Gasteiger partial charge in [-0.25, -0.2) is 0 Å². The Labute approximate surface area is 126 Å². The van der Waals surface area contributed by atoms with Crippen LogP contribution < -0.4 is 10.6 Å². The van der Waals surface area contributed by atoms with Crippen molar-refractivity contribution in [3.63, 3.8) is 0 Å². The van der Waals surface area contributed by atoms with E-state index in [4.69, 9.17) is 0 Å². The lowest BCUT2D eigenvalue weighted by atomic mass is 10.2. The molecule has 2 N–H and O–H groups in total. The monoisotopic (exact) mass is 302 g/mol. The highest BCUT2D eigenvalue weighted by Gasteiger charge is 2.13. The molecule has 0 aliphatic heterocycles. The van der Waals surface area contributed by atoms with Crippen LogP contribution in [0, 0.1) is 20.2 Å². The molecule has 22 heavy (non-hydrogen) atoms. The van der Waals surface area contributed by atoms with E-state index >= 15 is 0 Å². The van der Waals surface area contributed by atoms with Crippen LogP contribution in [0.1, 0.15) is 0 Å². The molecular formula is C14H14N4O4. The van der Waals surface area contributed by atoms with Crippen LogP contribution in [0.15, 0.2) is 48.5 Å². The molecule has 0 heterocycles. The molecule has 0 fully saturated rings. The van der Waals surface area contributed by atoms with Gasteiger partial charge in [-0.1, -0.05) is 24.3 Å². The first-order valence-electron chi connectivity index (χ1n) is 6.54. The Hall–Kier alpha value is -3.16. The number of hydrogen-bond acceptors (Lipinski definition) is 6. The predicted octanol–water partition coefficient (Wildman–Crippen LogP) is 3.03. The minimum Gasteiger partial charge on any atom is -0.378 e. The molecule has 114 valence electrons. The molecule has 2 rings (SSSR count). The van der Waals surface area contributed by atoms with E-state index in [9.17, 15) is 20.2 Å². The van der Waals surface area contributed by atoms with Crippen LogP contribution in [-0.2, 0) is 0 Å². The molecule has 8 heteroatoms. The van der Waals surface area contributed by atoms with Crippen molar-refractivity contribution in [3.05, 3.63) is 68.8 Å². The molecule has 0 atom stereocenters. The average Bonchev–Trinajstić information content (AvgIpc) is 2.52. The Morgan fingerprint density at radius 2 is 1.09 bits per heavy atom. The predicted molar refractivity (Wildman–Crippen MR) is 83.2 cm³/mol. The standard InChI is InChI=1S/C14H14N4O4/c19-17(20)13-7-3-1-5-11(13)15-9-10-16-12-6-2-4-8-14(12)18(21)22/h1-8,15-16H,9-10H2. The summed E-state index contributed by atoms with van der Waals surface area (Å²) in [6, 6.07) is 12.6. The van der Waals surface area contributed by atoms with Crippen molar-refractivity contribution >= 4 is 22.7 Å². The maximum absolute atomic E-state index is 10.9. The molecule has 0 aliphatic carbocycles. The molecule has 8 nitrogen and oxygen atoms in total. The van der Waals surface area contributed by atoms with E-state index in [0.29, 0.717) is 24.5 Å². The van der Waals surface area contributed by atoms with Gasteiger partial charge in [0.05, 0.1) is 9.85 Å². The van der Waals surface area contributed by atoms with Crippen molar-refractivity contribution in [1.29, 1.82) is 0 Å². The summed E-state index contributed by atoms with van der Waals surface area (Å²) >= 11 is 0. The van der Waals surface area contributed by atoms with Crippen LogP contribution in [0.25, 0.3) is 0 Å². The highest BCUT2D eigenvalue weighted by molar-refractivity contribution is 5.62. The number of nitrogens with one attached hydrogen (secondary N) is 2. The largest absolute Gasteiger partial charge is 0.378 e. The van der Waals surface area contributed by atoms with Crippen molar-refractivity contribution in [2.75, 3.05) is 23.7 Å². The van der Waals surface area contributed by atoms with Crippen LogP contribution >= 0.6 is 0 Å². The number of nitrogens with zero attached hydrogens (tertiary/aromatic N) is 2. The van der Waals surface area contributed by atoms with Crippen molar-refractivity contribution in [2.24, 2.45) is 0 Å². The number of rotatable bonds is 7. The summed E-state index contributed by atoms with van der Waals surface area (Å²) in [6.07, 6.45) is 0. The van der Waals surface area contributed by atoms with E-state index in [-0.39, 0.29) is 11.4 Å². The van der Waals surface area contributed by atoms with Crippen LogP contribution in [0.3, 0.4) is 0 Å². The molecule has 0 unspecified atom stereocenters. The van der Waals surface area contributed by atoms with Gasteiger partial charge < -0.3 is 10.6 Å². The Bertz CT molecular complexity index is 631. The zero-order valence-electron chi connectivity index (χ0n) is 11.6. The van der Waals surface area contributed by atoms with E-state index in [2.05, 4.69) is 10.6 Å². The minimum atomic E-state index is -0.461. The second-order valence-electron chi connectivity index (χ2n) is 4.40. The van der Waals surface area contributed by atoms with Crippen molar-refractivity contribution in [3.8, 4) is 0 Å². The summed E-state index contributed by atoms with van der Waals surface area (Å²) in [5.41, 5.74) is 0.815. The molecule has 2 aromatic carbocycles. The van der Waals surface area contributed by atoms with Gasteiger partial charge in [0, 0.05) is 25.2 Å². The minimum absolute atomic E-state index is 0.00630. The smallest absolute Gasteiger partial charge is 0.292 e. The maximum atomic E-state index is 10.9. The van der Waals surface area contributed by atoms with E-state index in [1.54, 1.807) is 36.4 Å². The lowest BCUT2D eigenvalue weighted by molar-refractivity contribution is -0.384. The Morgan fingerprint density at radius 1 is 0.727 bits per heavy atom. The van der Waals surface area contributed by atoms with E-state index in [1.165, 1.54) is 12.1 Å². The average molecular weight is 302 g/mol. The molecule has 0 saturated heterocycles. The summed E-state index contributed by atoms with van der Waals surface area (Å²) in [5.74, 6) is 0. The molecule has 0 radical (unpaired) electrons. The number of nitro groups is 2. The second-order valence-corrected chi connectivity index (χ2v) is 4.40. The third kappa shape index (κ3) is 3.69. The summed E-state index contributed by atoms with van der Waals surface area (Å²) in [6.45, 7) is 0.772. The van der Waals surface area contributed by atoms with Crippen LogP contribution in [-0.4, -0.2) is 22.9 Å². The van der Waals surface area contributed by atoms with Gasteiger partial charge in [-0.2, -0.15) is 0 Å². The summed E-state index contributed by atoms with van der Waals surface area (Å²) in [4.78, 5) is 20.8. The van der Waals surface area contributed by atoms with Crippen LogP contribution in [0.2, 0.25) is 0 Å². The van der Waals surface area contributed by atoms with Gasteiger partial charge in [0.15, 0.2) is 0 Å². The first-order valence-corrected chi connectivity index (χ1v) is 6.54. The van der Waals surface area contributed by atoms with E-state index in [0.717, 1.165) is 0 Å². The fraction of sp³-hybridized carbons (Fsp3) is 0.143. The van der Waals surface area contributed by atoms with Crippen molar-refractivity contribution in [1.82, 2.24) is 0 Å². The summed E-state index contributed by atoms with van der Waals surface area (Å²) < 4.78 is 0. The number of anilines is 2. The lowest BCUT2D eigenvalue weighted by Crippen LogP contribution is -2.15. The van der Waals surface area contributed by atoms with E-state index < -0.39 is 9.85 Å². The van der Waals surface area contributed by atoms with Crippen LogP contribution in [0.4, 0.5) is 22.7 Å². The molecule has 2 aromatic rings. The number of benzene rings is 2. The molecule has 0 aliphatic rings. The molecule has 0 bridgehead atoms. The zero-order chi connectivity index (χ0) is 15.9. The summed E-state index contributed by atoms with van der Waals surface area (Å²) in [5, 5.41) is 27.6. The SMILES string of the molecule is O=[N+]([O-])c1ccccc1NCCNc1ccccc1[N+](=O)[O-]. The number of hydrogen-bond donors (Lipinski definition) is 2. The van der Waals surface area contributed by atoms with Crippen LogP contribution in [0.5, 0.6) is 0 Å². The zero-order valence-corrected chi connectivity index (χ0v) is 11.6. The number of para-hydroxylation sites is 4. The van der Waals surface area contributed by atoms with E-state index in [1.807, 2.05) is 0 Å². The van der Waals surface area contributed by atoms with Gasteiger partial charge in [0.25, 0.3) is 11.4 Å². The lowest BCUT2D eigenvalue weighted by Gasteiger charge is -2.09. The second kappa shape index (κ2) is 7.02. The quantitative estimate of drug-likeness (QED) is 0.462. The Kier molecular flexibility index (Phi) is 4.86. The molecule has 0 saturated carbocycles. The Balaban J connectivity index is 1.93. The van der Waals surface area contributed by atoms with Crippen molar-refractivity contribution < 1.29 is 9.85 Å². The molecule has 0 spiro atoms. The highest BCUT2D eigenvalue weighted by atomic mass is 16.6. The normalized spacial score (nSPS) is 10.0. The molecular weight excluding hydrogens is 288 g/mol. The van der Waals surface area contributed by atoms with Gasteiger partial charge in [0.1, 0.15) is 11.4 Å². The fourth-order valence-corrected chi connectivity index (χ4v) is 1.96. The maximum Gasteiger partial charge on any atom is 0.292 e.